The number of para-hydroxylation sites is 1. The summed E-state index contributed by atoms with van der Waals surface area (Å²) in [5.41, 5.74) is 1.41. The van der Waals surface area contributed by atoms with Crippen LogP contribution in [0, 0.1) is 0 Å². The fourth-order valence-corrected chi connectivity index (χ4v) is 5.06. The summed E-state index contributed by atoms with van der Waals surface area (Å²) in [7, 11) is 0. The molecule has 1 aromatic rings. The standard InChI is InChI=1S/C29H52O/c1-4-7-10-12-14-16-20-25-29(24-9-6-3,27-22-18-19-23-28(27)30)26-21-17-15-13-11-8-5-2/h18-19,22-23,30H,4-17,20-21,24-26H2,1-3H3. The van der Waals surface area contributed by atoms with Crippen molar-refractivity contribution in [3.63, 3.8) is 0 Å². The molecule has 1 rings (SSSR count). The Labute approximate surface area is 189 Å². The van der Waals surface area contributed by atoms with Crippen molar-refractivity contribution in [1.82, 2.24) is 0 Å². The molecule has 1 N–H and O–H groups in total. The second-order valence-corrected chi connectivity index (χ2v) is 9.64. The van der Waals surface area contributed by atoms with Gasteiger partial charge in [0.05, 0.1) is 0 Å². The lowest BCUT2D eigenvalue weighted by Crippen LogP contribution is -2.27. The van der Waals surface area contributed by atoms with Crippen molar-refractivity contribution in [2.45, 2.75) is 148 Å². The van der Waals surface area contributed by atoms with E-state index in [4.69, 9.17) is 0 Å². The number of hydrogen-bond acceptors (Lipinski definition) is 1. The van der Waals surface area contributed by atoms with Gasteiger partial charge in [0.2, 0.25) is 0 Å². The van der Waals surface area contributed by atoms with Crippen LogP contribution in [0.4, 0.5) is 0 Å². The molecule has 0 spiro atoms. The van der Waals surface area contributed by atoms with Crippen LogP contribution in [0.1, 0.15) is 148 Å². The van der Waals surface area contributed by atoms with Crippen LogP contribution in [-0.2, 0) is 5.41 Å². The summed E-state index contributed by atoms with van der Waals surface area (Å²) in [6, 6.07) is 8.23. The molecule has 0 saturated carbocycles. The number of benzene rings is 1. The predicted molar refractivity (Wildman–Crippen MR) is 135 cm³/mol. The zero-order valence-electron chi connectivity index (χ0n) is 20.7. The Morgan fingerprint density at radius 1 is 0.533 bits per heavy atom. The number of phenols is 1. The van der Waals surface area contributed by atoms with Crippen molar-refractivity contribution in [3.05, 3.63) is 29.8 Å². The van der Waals surface area contributed by atoms with E-state index in [1.165, 1.54) is 128 Å². The summed E-state index contributed by atoms with van der Waals surface area (Å²) >= 11 is 0. The van der Waals surface area contributed by atoms with Crippen LogP contribution < -0.4 is 0 Å². The molecule has 30 heavy (non-hydrogen) atoms. The molecule has 0 aromatic heterocycles. The van der Waals surface area contributed by atoms with Gasteiger partial charge in [0.25, 0.3) is 0 Å². The van der Waals surface area contributed by atoms with Crippen molar-refractivity contribution in [2.75, 3.05) is 0 Å². The van der Waals surface area contributed by atoms with Crippen molar-refractivity contribution >= 4 is 0 Å². The van der Waals surface area contributed by atoms with Crippen LogP contribution in [0.5, 0.6) is 5.75 Å². The number of phenolic OH excluding ortho intramolecular Hbond substituents is 1. The molecule has 1 aromatic carbocycles. The minimum absolute atomic E-state index is 0.175. The second kappa shape index (κ2) is 17.7. The molecule has 0 bridgehead atoms. The molecule has 0 atom stereocenters. The van der Waals surface area contributed by atoms with E-state index < -0.39 is 0 Å². The van der Waals surface area contributed by atoms with E-state index in [1.807, 2.05) is 12.1 Å². The molecule has 0 fully saturated rings. The van der Waals surface area contributed by atoms with Crippen LogP contribution in [0.15, 0.2) is 24.3 Å². The number of aromatic hydroxyl groups is 1. The van der Waals surface area contributed by atoms with Gasteiger partial charge in [-0.25, -0.2) is 0 Å². The predicted octanol–water partition coefficient (Wildman–Crippen LogP) is 10.1. The molecule has 1 nitrogen and oxygen atoms in total. The van der Waals surface area contributed by atoms with Crippen molar-refractivity contribution < 1.29 is 5.11 Å². The molecular weight excluding hydrogens is 364 g/mol. The topological polar surface area (TPSA) is 20.2 Å². The number of rotatable bonds is 20. The first kappa shape index (κ1) is 27.1. The summed E-state index contributed by atoms with van der Waals surface area (Å²) in [5, 5.41) is 10.7. The highest BCUT2D eigenvalue weighted by Crippen LogP contribution is 2.44. The van der Waals surface area contributed by atoms with E-state index in [9.17, 15) is 5.11 Å². The maximum atomic E-state index is 10.7. The lowest BCUT2D eigenvalue weighted by molar-refractivity contribution is 0.292. The molecule has 0 saturated heterocycles. The van der Waals surface area contributed by atoms with E-state index in [-0.39, 0.29) is 5.41 Å². The van der Waals surface area contributed by atoms with Crippen molar-refractivity contribution in [3.8, 4) is 5.75 Å². The number of hydrogen-bond donors (Lipinski definition) is 1. The Morgan fingerprint density at radius 2 is 0.933 bits per heavy atom. The summed E-state index contributed by atoms with van der Waals surface area (Å²) in [5.74, 6) is 0.527. The monoisotopic (exact) mass is 416 g/mol. The van der Waals surface area contributed by atoms with Crippen LogP contribution in [0.25, 0.3) is 0 Å². The largest absolute Gasteiger partial charge is 0.508 e. The first-order chi connectivity index (χ1) is 14.7. The van der Waals surface area contributed by atoms with E-state index in [0.717, 1.165) is 0 Å². The van der Waals surface area contributed by atoms with E-state index in [1.54, 1.807) is 0 Å². The smallest absolute Gasteiger partial charge is 0.119 e. The quantitative estimate of drug-likeness (QED) is 0.210. The SMILES string of the molecule is CCCCCCCCCC(CCCC)(CCCCCCCCC)c1ccccc1O. The van der Waals surface area contributed by atoms with Crippen LogP contribution in [0.2, 0.25) is 0 Å². The summed E-state index contributed by atoms with van der Waals surface area (Å²) in [6.45, 7) is 6.88. The van der Waals surface area contributed by atoms with Crippen molar-refractivity contribution in [2.24, 2.45) is 0 Å². The normalized spacial score (nSPS) is 11.8. The first-order valence-corrected chi connectivity index (χ1v) is 13.5. The van der Waals surface area contributed by atoms with Gasteiger partial charge in [0.15, 0.2) is 0 Å². The lowest BCUT2D eigenvalue weighted by atomic mass is 9.69. The van der Waals surface area contributed by atoms with E-state index in [0.29, 0.717) is 5.75 Å². The maximum absolute atomic E-state index is 10.7. The average molecular weight is 417 g/mol. The fourth-order valence-electron chi connectivity index (χ4n) is 5.06. The van der Waals surface area contributed by atoms with Gasteiger partial charge in [-0.15, -0.1) is 0 Å². The molecule has 0 aliphatic heterocycles. The highest BCUT2D eigenvalue weighted by Gasteiger charge is 2.32. The Bertz CT molecular complexity index is 489. The van der Waals surface area contributed by atoms with E-state index >= 15 is 0 Å². The van der Waals surface area contributed by atoms with Crippen LogP contribution >= 0.6 is 0 Å². The molecule has 1 heteroatoms. The average Bonchev–Trinajstić information content (AvgIpc) is 2.76. The third kappa shape index (κ3) is 10.9. The Morgan fingerprint density at radius 3 is 1.40 bits per heavy atom. The Kier molecular flexibility index (Phi) is 15.9. The first-order valence-electron chi connectivity index (χ1n) is 13.5. The molecule has 0 amide bonds. The second-order valence-electron chi connectivity index (χ2n) is 9.64. The molecule has 0 aliphatic rings. The van der Waals surface area contributed by atoms with Gasteiger partial charge < -0.3 is 5.11 Å². The highest BCUT2D eigenvalue weighted by atomic mass is 16.3. The minimum Gasteiger partial charge on any atom is -0.508 e. The van der Waals surface area contributed by atoms with Gasteiger partial charge in [0, 0.05) is 5.56 Å². The highest BCUT2D eigenvalue weighted by molar-refractivity contribution is 5.38. The summed E-state index contributed by atoms with van der Waals surface area (Å²) < 4.78 is 0. The molecular formula is C29H52O. The number of unbranched alkanes of at least 4 members (excludes halogenated alkanes) is 13. The third-order valence-electron chi connectivity index (χ3n) is 7.00. The van der Waals surface area contributed by atoms with Gasteiger partial charge in [-0.3, -0.25) is 0 Å². The third-order valence-corrected chi connectivity index (χ3v) is 7.00. The Balaban J connectivity index is 2.71. The van der Waals surface area contributed by atoms with Gasteiger partial charge in [-0.05, 0) is 30.7 Å². The maximum Gasteiger partial charge on any atom is 0.119 e. The lowest BCUT2D eigenvalue weighted by Gasteiger charge is -2.36. The van der Waals surface area contributed by atoms with Crippen LogP contribution in [0.3, 0.4) is 0 Å². The summed E-state index contributed by atoms with van der Waals surface area (Å²) in [6.07, 6.45) is 25.3. The van der Waals surface area contributed by atoms with Gasteiger partial charge in [0.1, 0.15) is 5.75 Å². The zero-order valence-corrected chi connectivity index (χ0v) is 20.7. The Hall–Kier alpha value is -0.980. The molecule has 174 valence electrons. The van der Waals surface area contributed by atoms with Crippen LogP contribution in [-0.4, -0.2) is 5.11 Å². The molecule has 0 unspecified atom stereocenters. The van der Waals surface area contributed by atoms with E-state index in [2.05, 4.69) is 32.9 Å². The minimum atomic E-state index is 0.175. The summed E-state index contributed by atoms with van der Waals surface area (Å²) in [4.78, 5) is 0. The molecule has 0 aliphatic carbocycles. The zero-order chi connectivity index (χ0) is 21.9. The molecule has 0 radical (unpaired) electrons. The fraction of sp³-hybridized carbons (Fsp3) is 0.793. The van der Waals surface area contributed by atoms with Gasteiger partial charge in [-0.1, -0.05) is 142 Å². The van der Waals surface area contributed by atoms with Crippen molar-refractivity contribution in [1.29, 1.82) is 0 Å². The van der Waals surface area contributed by atoms with Gasteiger partial charge >= 0.3 is 0 Å². The van der Waals surface area contributed by atoms with Gasteiger partial charge in [-0.2, -0.15) is 0 Å². The molecule has 0 heterocycles.